The van der Waals surface area contributed by atoms with E-state index in [-0.39, 0.29) is 16.9 Å². The van der Waals surface area contributed by atoms with Gasteiger partial charge < -0.3 is 14.4 Å². The molecule has 1 atom stereocenters. The van der Waals surface area contributed by atoms with E-state index in [1.807, 2.05) is 31.1 Å². The van der Waals surface area contributed by atoms with Gasteiger partial charge in [-0.2, -0.15) is 0 Å². The van der Waals surface area contributed by atoms with Crippen molar-refractivity contribution in [1.29, 1.82) is 0 Å². The van der Waals surface area contributed by atoms with Gasteiger partial charge in [0.15, 0.2) is 0 Å². The standard InChI is InChI=1S/C23H19FN2O4/c1-25(2)16-9-11-17(12-10-16)26-20(18-4-3-13-30-18)19(22(28)23(26)29)21(27)14-5-7-15(24)8-6-14/h3-13,20,27H,1-2H3/b21-19-. The summed E-state index contributed by atoms with van der Waals surface area (Å²) in [7, 11) is 3.79. The summed E-state index contributed by atoms with van der Waals surface area (Å²) in [6, 6.07) is 14.5. The molecule has 3 aromatic rings. The molecule has 1 unspecified atom stereocenters. The van der Waals surface area contributed by atoms with Crippen LogP contribution in [0.15, 0.2) is 76.9 Å². The predicted octanol–water partition coefficient (Wildman–Crippen LogP) is 4.11. The lowest BCUT2D eigenvalue weighted by Crippen LogP contribution is -2.29. The highest BCUT2D eigenvalue weighted by Gasteiger charge is 2.48. The smallest absolute Gasteiger partial charge is 0.300 e. The number of carbonyl (C=O) groups is 2. The van der Waals surface area contributed by atoms with Gasteiger partial charge in [0.05, 0.1) is 11.8 Å². The van der Waals surface area contributed by atoms with Gasteiger partial charge in [0.2, 0.25) is 0 Å². The number of aliphatic hydroxyl groups is 1. The van der Waals surface area contributed by atoms with Crippen molar-refractivity contribution in [2.75, 3.05) is 23.9 Å². The minimum absolute atomic E-state index is 0.113. The van der Waals surface area contributed by atoms with Crippen LogP contribution >= 0.6 is 0 Å². The second-order valence-corrected chi connectivity index (χ2v) is 7.10. The maximum Gasteiger partial charge on any atom is 0.300 e. The maximum atomic E-state index is 13.3. The van der Waals surface area contributed by atoms with Gasteiger partial charge in [-0.1, -0.05) is 0 Å². The third-order valence-electron chi connectivity index (χ3n) is 5.02. The van der Waals surface area contributed by atoms with Crippen LogP contribution in [0.5, 0.6) is 0 Å². The molecule has 1 aromatic heterocycles. The molecule has 0 aliphatic carbocycles. The van der Waals surface area contributed by atoms with Crippen molar-refractivity contribution in [2.45, 2.75) is 6.04 Å². The molecule has 1 saturated heterocycles. The second kappa shape index (κ2) is 7.51. The molecule has 0 radical (unpaired) electrons. The van der Waals surface area contributed by atoms with Gasteiger partial charge in [-0.3, -0.25) is 14.5 Å². The van der Waals surface area contributed by atoms with E-state index in [0.29, 0.717) is 11.4 Å². The predicted molar refractivity (Wildman–Crippen MR) is 111 cm³/mol. The van der Waals surface area contributed by atoms with Crippen LogP contribution in [0.25, 0.3) is 5.76 Å². The number of hydrogen-bond acceptors (Lipinski definition) is 5. The molecule has 152 valence electrons. The van der Waals surface area contributed by atoms with Crippen LogP contribution in [0.3, 0.4) is 0 Å². The van der Waals surface area contributed by atoms with Gasteiger partial charge in [0.25, 0.3) is 11.7 Å². The van der Waals surface area contributed by atoms with E-state index in [1.165, 1.54) is 35.4 Å². The summed E-state index contributed by atoms with van der Waals surface area (Å²) < 4.78 is 18.8. The van der Waals surface area contributed by atoms with Gasteiger partial charge in [0, 0.05) is 31.0 Å². The number of benzene rings is 2. The van der Waals surface area contributed by atoms with Crippen molar-refractivity contribution < 1.29 is 23.5 Å². The van der Waals surface area contributed by atoms with E-state index < -0.39 is 23.5 Å². The minimum Gasteiger partial charge on any atom is -0.507 e. The zero-order chi connectivity index (χ0) is 21.4. The van der Waals surface area contributed by atoms with Crippen LogP contribution in [0.4, 0.5) is 15.8 Å². The zero-order valence-corrected chi connectivity index (χ0v) is 16.4. The Hall–Kier alpha value is -3.87. The summed E-state index contributed by atoms with van der Waals surface area (Å²) in [5.74, 6) is -2.15. The fraction of sp³-hybridized carbons (Fsp3) is 0.130. The SMILES string of the molecule is CN(C)c1ccc(N2C(=O)C(=O)/C(=C(\O)c3ccc(F)cc3)C2c2ccco2)cc1. The van der Waals surface area contributed by atoms with E-state index in [2.05, 4.69) is 0 Å². The first-order valence-corrected chi connectivity index (χ1v) is 9.26. The highest BCUT2D eigenvalue weighted by molar-refractivity contribution is 6.51. The first kappa shape index (κ1) is 19.4. The number of furan rings is 1. The lowest BCUT2D eigenvalue weighted by molar-refractivity contribution is -0.132. The van der Waals surface area contributed by atoms with E-state index in [1.54, 1.807) is 24.3 Å². The summed E-state index contributed by atoms with van der Waals surface area (Å²) in [5, 5.41) is 10.9. The van der Waals surface area contributed by atoms with Gasteiger partial charge in [-0.25, -0.2) is 4.39 Å². The largest absolute Gasteiger partial charge is 0.507 e. The van der Waals surface area contributed by atoms with Gasteiger partial charge in [0.1, 0.15) is 23.4 Å². The molecule has 0 saturated carbocycles. The Kier molecular flexibility index (Phi) is 4.87. The van der Waals surface area contributed by atoms with Gasteiger partial charge >= 0.3 is 0 Å². The number of amides is 1. The normalized spacial score (nSPS) is 18.1. The highest BCUT2D eigenvalue weighted by atomic mass is 19.1. The second-order valence-electron chi connectivity index (χ2n) is 7.10. The Morgan fingerprint density at radius 2 is 1.70 bits per heavy atom. The summed E-state index contributed by atoms with van der Waals surface area (Å²) in [6.07, 6.45) is 1.43. The molecular weight excluding hydrogens is 387 g/mol. The molecule has 1 aliphatic rings. The average molecular weight is 406 g/mol. The van der Waals surface area contributed by atoms with Crippen LogP contribution in [0, 0.1) is 5.82 Å². The van der Waals surface area contributed by atoms with Gasteiger partial charge in [-0.15, -0.1) is 0 Å². The quantitative estimate of drug-likeness (QED) is 0.401. The lowest BCUT2D eigenvalue weighted by Gasteiger charge is -2.24. The molecule has 30 heavy (non-hydrogen) atoms. The highest BCUT2D eigenvalue weighted by Crippen LogP contribution is 2.42. The van der Waals surface area contributed by atoms with Crippen molar-refractivity contribution in [3.05, 3.63) is 89.6 Å². The molecule has 1 amide bonds. The molecule has 6 nitrogen and oxygen atoms in total. The van der Waals surface area contributed by atoms with Crippen LogP contribution in [0.1, 0.15) is 17.4 Å². The summed E-state index contributed by atoms with van der Waals surface area (Å²) in [5.41, 5.74) is 1.53. The molecule has 4 rings (SSSR count). The Bertz CT molecular complexity index is 1120. The number of nitrogens with zero attached hydrogens (tertiary/aromatic N) is 2. The molecule has 7 heteroatoms. The van der Waals surface area contributed by atoms with Crippen LogP contribution < -0.4 is 9.80 Å². The van der Waals surface area contributed by atoms with Crippen LogP contribution in [0.2, 0.25) is 0 Å². The summed E-state index contributed by atoms with van der Waals surface area (Å²) in [6.45, 7) is 0. The number of rotatable bonds is 4. The Morgan fingerprint density at radius 1 is 1.03 bits per heavy atom. The lowest BCUT2D eigenvalue weighted by atomic mass is 9.99. The molecule has 0 bridgehead atoms. The van der Waals surface area contributed by atoms with Crippen molar-refractivity contribution >= 4 is 28.8 Å². The Balaban J connectivity index is 1.87. The van der Waals surface area contributed by atoms with E-state index >= 15 is 0 Å². The topological polar surface area (TPSA) is 74.0 Å². The number of ketones is 1. The third-order valence-corrected chi connectivity index (χ3v) is 5.02. The molecule has 1 N–H and O–H groups in total. The van der Waals surface area contributed by atoms with Crippen molar-refractivity contribution in [3.63, 3.8) is 0 Å². The van der Waals surface area contributed by atoms with Crippen molar-refractivity contribution in [1.82, 2.24) is 0 Å². The number of Topliss-reactive ketones (excluding diaryl/α,β-unsaturated/α-hetero) is 1. The van der Waals surface area contributed by atoms with Crippen LogP contribution in [-0.2, 0) is 9.59 Å². The molecule has 2 aromatic carbocycles. The number of halogens is 1. The summed E-state index contributed by atoms with van der Waals surface area (Å²) >= 11 is 0. The molecule has 2 heterocycles. The first-order chi connectivity index (χ1) is 14.4. The minimum atomic E-state index is -0.949. The summed E-state index contributed by atoms with van der Waals surface area (Å²) in [4.78, 5) is 29.1. The molecular formula is C23H19FN2O4. The fourth-order valence-corrected chi connectivity index (χ4v) is 3.49. The Morgan fingerprint density at radius 3 is 2.27 bits per heavy atom. The van der Waals surface area contributed by atoms with Crippen molar-refractivity contribution in [2.24, 2.45) is 0 Å². The first-order valence-electron chi connectivity index (χ1n) is 9.26. The van der Waals surface area contributed by atoms with E-state index in [0.717, 1.165) is 5.69 Å². The third kappa shape index (κ3) is 3.24. The number of aliphatic hydroxyl groups excluding tert-OH is 1. The number of anilines is 2. The van der Waals surface area contributed by atoms with E-state index in [9.17, 15) is 19.1 Å². The molecule has 1 aliphatic heterocycles. The monoisotopic (exact) mass is 406 g/mol. The van der Waals surface area contributed by atoms with E-state index in [4.69, 9.17) is 4.42 Å². The fourth-order valence-electron chi connectivity index (χ4n) is 3.49. The number of hydrogen-bond donors (Lipinski definition) is 1. The average Bonchev–Trinajstić information content (AvgIpc) is 3.35. The maximum absolute atomic E-state index is 13.3. The van der Waals surface area contributed by atoms with Gasteiger partial charge in [-0.05, 0) is 60.7 Å². The zero-order valence-electron chi connectivity index (χ0n) is 16.4. The van der Waals surface area contributed by atoms with Crippen molar-refractivity contribution in [3.8, 4) is 0 Å². The number of carbonyl (C=O) groups excluding carboxylic acids is 2. The van der Waals surface area contributed by atoms with Crippen LogP contribution in [-0.4, -0.2) is 30.9 Å². The Labute approximate surface area is 172 Å². The molecule has 1 fully saturated rings. The molecule has 0 spiro atoms.